The zero-order valence-electron chi connectivity index (χ0n) is 23.2. The molecular formula is C25H43N7O4S2. The molecule has 0 amide bonds. The van der Waals surface area contributed by atoms with Crippen LogP contribution in [0.25, 0.3) is 0 Å². The van der Waals surface area contributed by atoms with Crippen molar-refractivity contribution in [1.29, 1.82) is 0 Å². The molecule has 0 bridgehead atoms. The molecule has 2 N–H and O–H groups in total. The highest BCUT2D eigenvalue weighted by atomic mass is 32.2. The number of aryl methyl sites for hydroxylation is 1. The fourth-order valence-electron chi connectivity index (χ4n) is 4.76. The first-order valence-corrected chi connectivity index (χ1v) is 16.2. The average Bonchev–Trinajstić information content (AvgIpc) is 3.27. The number of hydrogen-bond donors (Lipinski definition) is 1. The van der Waals surface area contributed by atoms with Gasteiger partial charge in [-0.3, -0.25) is 9.58 Å². The molecule has 38 heavy (non-hydrogen) atoms. The van der Waals surface area contributed by atoms with Crippen LogP contribution in [0, 0.1) is 5.92 Å². The molecule has 0 aliphatic carbocycles. The number of sulfonamides is 2. The van der Waals surface area contributed by atoms with E-state index in [-0.39, 0.29) is 15.7 Å². The Morgan fingerprint density at radius 3 is 2.21 bits per heavy atom. The SMILES string of the molecule is CCN(CC)CCN(CC(C)C)S(=O)(=O)c1ccc(N2CCN(Cc3cnn(C)c3)CC2)c(S(N)(=O)=O)c1. The van der Waals surface area contributed by atoms with Crippen molar-refractivity contribution in [1.82, 2.24) is 23.9 Å². The second-order valence-electron chi connectivity index (χ2n) is 10.2. The lowest BCUT2D eigenvalue weighted by atomic mass is 10.2. The van der Waals surface area contributed by atoms with Gasteiger partial charge in [-0.25, -0.2) is 22.0 Å². The van der Waals surface area contributed by atoms with Crippen molar-refractivity contribution in [3.05, 3.63) is 36.2 Å². The maximum absolute atomic E-state index is 13.7. The third-order valence-corrected chi connectivity index (χ3v) is 9.68. The van der Waals surface area contributed by atoms with E-state index in [1.54, 1.807) is 10.7 Å². The highest BCUT2D eigenvalue weighted by Gasteiger charge is 2.30. The van der Waals surface area contributed by atoms with Crippen molar-refractivity contribution < 1.29 is 16.8 Å². The third-order valence-electron chi connectivity index (χ3n) is 6.88. The van der Waals surface area contributed by atoms with Gasteiger partial charge >= 0.3 is 0 Å². The van der Waals surface area contributed by atoms with Crippen molar-refractivity contribution in [2.24, 2.45) is 18.1 Å². The molecule has 0 unspecified atom stereocenters. The van der Waals surface area contributed by atoms with Crippen LogP contribution in [0.1, 0.15) is 33.3 Å². The maximum atomic E-state index is 13.7. The van der Waals surface area contributed by atoms with E-state index in [1.165, 1.54) is 16.4 Å². The smallest absolute Gasteiger partial charge is 0.243 e. The fourth-order valence-corrected chi connectivity index (χ4v) is 7.24. The Labute approximate surface area is 228 Å². The summed E-state index contributed by atoms with van der Waals surface area (Å²) >= 11 is 0. The molecule has 1 aliphatic heterocycles. The first-order chi connectivity index (χ1) is 17.8. The van der Waals surface area contributed by atoms with E-state index in [1.807, 2.05) is 52.0 Å². The minimum atomic E-state index is -4.16. The van der Waals surface area contributed by atoms with Gasteiger partial charge in [-0.15, -0.1) is 0 Å². The van der Waals surface area contributed by atoms with Crippen LogP contribution in [0.3, 0.4) is 0 Å². The molecule has 0 saturated carbocycles. The summed E-state index contributed by atoms with van der Waals surface area (Å²) < 4.78 is 55.9. The van der Waals surface area contributed by atoms with Crippen molar-refractivity contribution in [2.75, 3.05) is 63.8 Å². The van der Waals surface area contributed by atoms with Crippen molar-refractivity contribution in [3.8, 4) is 0 Å². The number of hydrogen-bond acceptors (Lipinski definition) is 8. The zero-order valence-corrected chi connectivity index (χ0v) is 24.9. The summed E-state index contributed by atoms with van der Waals surface area (Å²) in [6.45, 7) is 14.3. The molecule has 1 aliphatic rings. The molecule has 1 aromatic heterocycles. The lowest BCUT2D eigenvalue weighted by Gasteiger charge is -2.36. The van der Waals surface area contributed by atoms with Gasteiger partial charge in [0.05, 0.1) is 16.8 Å². The molecule has 0 atom stereocenters. The molecular weight excluding hydrogens is 526 g/mol. The number of nitrogens with two attached hydrogens (primary N) is 1. The summed E-state index contributed by atoms with van der Waals surface area (Å²) in [5.41, 5.74) is 1.55. The van der Waals surface area contributed by atoms with Gasteiger partial charge < -0.3 is 9.80 Å². The fraction of sp³-hybridized carbons (Fsp3) is 0.640. The van der Waals surface area contributed by atoms with Gasteiger partial charge in [-0.2, -0.15) is 9.40 Å². The monoisotopic (exact) mass is 569 g/mol. The Bertz CT molecular complexity index is 1270. The van der Waals surface area contributed by atoms with E-state index in [0.29, 0.717) is 38.4 Å². The lowest BCUT2D eigenvalue weighted by molar-refractivity contribution is 0.249. The van der Waals surface area contributed by atoms with Gasteiger partial charge in [0, 0.05) is 71.2 Å². The summed E-state index contributed by atoms with van der Waals surface area (Å²) in [5, 5.41) is 9.82. The summed E-state index contributed by atoms with van der Waals surface area (Å²) in [5.74, 6) is 0.112. The Balaban J connectivity index is 1.84. The van der Waals surface area contributed by atoms with Gasteiger partial charge in [0.2, 0.25) is 20.0 Å². The quantitative estimate of drug-likeness (QED) is 0.384. The van der Waals surface area contributed by atoms with Crippen LogP contribution < -0.4 is 10.0 Å². The van der Waals surface area contributed by atoms with Crippen molar-refractivity contribution >= 4 is 25.7 Å². The van der Waals surface area contributed by atoms with E-state index >= 15 is 0 Å². The molecule has 3 rings (SSSR count). The van der Waals surface area contributed by atoms with Crippen molar-refractivity contribution in [2.45, 2.75) is 44.0 Å². The van der Waals surface area contributed by atoms with E-state index in [0.717, 1.165) is 38.3 Å². The summed E-state index contributed by atoms with van der Waals surface area (Å²) in [7, 11) is -6.21. The highest BCUT2D eigenvalue weighted by molar-refractivity contribution is 7.90. The lowest BCUT2D eigenvalue weighted by Crippen LogP contribution is -2.46. The Hall–Kier alpha value is -2.03. The van der Waals surface area contributed by atoms with Gasteiger partial charge in [-0.1, -0.05) is 27.7 Å². The molecule has 0 radical (unpaired) electrons. The predicted octanol–water partition coefficient (Wildman–Crippen LogP) is 1.38. The summed E-state index contributed by atoms with van der Waals surface area (Å²) in [4.78, 5) is 6.19. The Kier molecular flexibility index (Phi) is 10.3. The van der Waals surface area contributed by atoms with Crippen LogP contribution in [0.4, 0.5) is 5.69 Å². The van der Waals surface area contributed by atoms with E-state index < -0.39 is 20.0 Å². The Morgan fingerprint density at radius 2 is 1.68 bits per heavy atom. The largest absolute Gasteiger partial charge is 0.368 e. The molecule has 2 heterocycles. The van der Waals surface area contributed by atoms with E-state index in [4.69, 9.17) is 5.14 Å². The molecule has 214 valence electrons. The van der Waals surface area contributed by atoms with Crippen molar-refractivity contribution in [3.63, 3.8) is 0 Å². The van der Waals surface area contributed by atoms with Gasteiger partial charge in [-0.05, 0) is 37.2 Å². The predicted molar refractivity (Wildman–Crippen MR) is 150 cm³/mol. The number of piperazine rings is 1. The van der Waals surface area contributed by atoms with Crippen LogP contribution >= 0.6 is 0 Å². The molecule has 1 fully saturated rings. The third kappa shape index (κ3) is 7.76. The summed E-state index contributed by atoms with van der Waals surface area (Å²) in [6, 6.07) is 4.32. The van der Waals surface area contributed by atoms with Gasteiger partial charge in [0.1, 0.15) is 4.90 Å². The molecule has 1 aromatic carbocycles. The number of anilines is 1. The first kappa shape index (κ1) is 30.5. The van der Waals surface area contributed by atoms with Crippen LogP contribution in [-0.2, 0) is 33.6 Å². The number of benzene rings is 1. The second-order valence-corrected chi connectivity index (χ2v) is 13.7. The number of aromatic nitrogens is 2. The van der Waals surface area contributed by atoms with Gasteiger partial charge in [0.15, 0.2) is 0 Å². The second kappa shape index (κ2) is 12.9. The number of primary sulfonamides is 1. The molecule has 0 spiro atoms. The number of likely N-dealkylation sites (N-methyl/N-ethyl adjacent to an activating group) is 1. The van der Waals surface area contributed by atoms with Gasteiger partial charge in [0.25, 0.3) is 0 Å². The van der Waals surface area contributed by atoms with E-state index in [9.17, 15) is 16.8 Å². The molecule has 13 heteroatoms. The summed E-state index contributed by atoms with van der Waals surface area (Å²) in [6.07, 6.45) is 3.82. The maximum Gasteiger partial charge on any atom is 0.243 e. The topological polar surface area (TPSA) is 125 Å². The molecule has 11 nitrogen and oxygen atoms in total. The zero-order chi connectivity index (χ0) is 28.1. The minimum absolute atomic E-state index is 0.0549. The van der Waals surface area contributed by atoms with Crippen LogP contribution in [-0.4, -0.2) is 99.6 Å². The molecule has 1 saturated heterocycles. The normalized spacial score (nSPS) is 15.8. The number of nitrogens with zero attached hydrogens (tertiary/aromatic N) is 6. The minimum Gasteiger partial charge on any atom is -0.368 e. The van der Waals surface area contributed by atoms with E-state index in [2.05, 4.69) is 14.9 Å². The van der Waals surface area contributed by atoms with Crippen LogP contribution in [0.15, 0.2) is 40.4 Å². The number of rotatable bonds is 13. The molecule has 2 aromatic rings. The van der Waals surface area contributed by atoms with Crippen LogP contribution in [0.2, 0.25) is 0 Å². The average molecular weight is 570 g/mol. The highest BCUT2D eigenvalue weighted by Crippen LogP contribution is 2.30. The standard InChI is InChI=1S/C25H43N7O4S2/c1-6-29(7-2)12-15-32(18-21(3)4)38(35,36)23-8-9-24(25(16-23)37(26,33)34)31-13-10-30(11-14-31)20-22-17-27-28(5)19-22/h8-9,16-17,19,21H,6-7,10-15,18,20H2,1-5H3,(H2,26,33,34). The van der Waals surface area contributed by atoms with Crippen LogP contribution in [0.5, 0.6) is 0 Å². The Morgan fingerprint density at radius 1 is 1.03 bits per heavy atom. The first-order valence-electron chi connectivity index (χ1n) is 13.2.